The van der Waals surface area contributed by atoms with Crippen LogP contribution in [0.15, 0.2) is 0 Å². The van der Waals surface area contributed by atoms with Crippen LogP contribution in [0.25, 0.3) is 0 Å². The summed E-state index contributed by atoms with van der Waals surface area (Å²) in [6.45, 7) is 5.22. The molecular formula is C10H22N2O6S. The van der Waals surface area contributed by atoms with Gasteiger partial charge in [0.05, 0.1) is 12.2 Å². The highest BCUT2D eigenvalue weighted by Crippen LogP contribution is 2.14. The lowest BCUT2D eigenvalue weighted by Crippen LogP contribution is -2.57. The highest BCUT2D eigenvalue weighted by Gasteiger charge is 2.31. The molecule has 0 spiro atoms. The lowest BCUT2D eigenvalue weighted by molar-refractivity contribution is -0.0623. The van der Waals surface area contributed by atoms with Crippen molar-refractivity contribution in [2.75, 3.05) is 32.7 Å². The smallest absolute Gasteiger partial charge is 0.392 e. The lowest BCUT2D eigenvalue weighted by Gasteiger charge is -2.40. The molecule has 0 aliphatic carbocycles. The highest BCUT2D eigenvalue weighted by atomic mass is 32.3. The molecule has 1 heterocycles. The summed E-state index contributed by atoms with van der Waals surface area (Å²) in [5.41, 5.74) is 0. The number of hydrogen-bond donors (Lipinski definition) is 3. The van der Waals surface area contributed by atoms with Crippen molar-refractivity contribution in [2.45, 2.75) is 32.3 Å². The third kappa shape index (κ3) is 6.61. The van der Waals surface area contributed by atoms with E-state index in [1.807, 2.05) is 4.90 Å². The fraction of sp³-hybridized carbons (Fsp3) is 1.00. The number of nitrogens with zero attached hydrogens (tertiary/aromatic N) is 2. The van der Waals surface area contributed by atoms with E-state index in [1.165, 1.54) is 0 Å². The summed E-state index contributed by atoms with van der Waals surface area (Å²) in [7, 11) is -4.56. The van der Waals surface area contributed by atoms with Crippen LogP contribution < -0.4 is 0 Å². The Morgan fingerprint density at radius 1 is 1.21 bits per heavy atom. The van der Waals surface area contributed by atoms with Crippen molar-refractivity contribution >= 4 is 10.4 Å². The summed E-state index contributed by atoms with van der Waals surface area (Å²) in [6, 6.07) is 0. The van der Waals surface area contributed by atoms with Crippen molar-refractivity contribution in [3.05, 3.63) is 0 Å². The predicted octanol–water partition coefficient (Wildman–Crippen LogP) is -1.49. The SMILES string of the molecule is CC(O)CN1CCN(CC(C)O)C(OS(=O)(=O)O)C1. The van der Waals surface area contributed by atoms with Crippen molar-refractivity contribution in [1.82, 2.24) is 9.80 Å². The minimum atomic E-state index is -4.56. The van der Waals surface area contributed by atoms with Gasteiger partial charge in [-0.05, 0) is 13.8 Å². The van der Waals surface area contributed by atoms with Gasteiger partial charge >= 0.3 is 10.4 Å². The van der Waals surface area contributed by atoms with Crippen LogP contribution in [0.1, 0.15) is 13.8 Å². The second-order valence-corrected chi connectivity index (χ2v) is 5.98. The van der Waals surface area contributed by atoms with E-state index in [-0.39, 0.29) is 13.1 Å². The summed E-state index contributed by atoms with van der Waals surface area (Å²) in [5.74, 6) is 0. The molecule has 1 saturated heterocycles. The minimum Gasteiger partial charge on any atom is -0.392 e. The van der Waals surface area contributed by atoms with E-state index in [0.717, 1.165) is 0 Å². The summed E-state index contributed by atoms with van der Waals surface area (Å²) in [4.78, 5) is 3.50. The van der Waals surface area contributed by atoms with Gasteiger partial charge in [-0.2, -0.15) is 8.42 Å². The zero-order chi connectivity index (χ0) is 14.6. The Hall–Kier alpha value is -0.290. The molecule has 0 amide bonds. The molecule has 9 heteroatoms. The van der Waals surface area contributed by atoms with Crippen LogP contribution >= 0.6 is 0 Å². The minimum absolute atomic E-state index is 0.234. The highest BCUT2D eigenvalue weighted by molar-refractivity contribution is 7.80. The summed E-state index contributed by atoms with van der Waals surface area (Å²) in [5, 5.41) is 18.7. The van der Waals surface area contributed by atoms with E-state index in [9.17, 15) is 18.6 Å². The third-order valence-electron chi connectivity index (χ3n) is 2.78. The first-order valence-corrected chi connectivity index (χ1v) is 7.52. The van der Waals surface area contributed by atoms with E-state index in [0.29, 0.717) is 19.6 Å². The zero-order valence-corrected chi connectivity index (χ0v) is 12.0. The Labute approximate surface area is 113 Å². The molecule has 1 aliphatic rings. The van der Waals surface area contributed by atoms with Crippen LogP contribution in [-0.2, 0) is 14.6 Å². The van der Waals surface area contributed by atoms with Crippen molar-refractivity contribution in [3.63, 3.8) is 0 Å². The Kier molecular flexibility index (Phi) is 6.12. The molecule has 114 valence electrons. The molecule has 0 radical (unpaired) electrons. The van der Waals surface area contributed by atoms with Gasteiger partial charge in [-0.25, -0.2) is 4.18 Å². The molecule has 0 aromatic rings. The van der Waals surface area contributed by atoms with E-state index in [2.05, 4.69) is 4.18 Å². The van der Waals surface area contributed by atoms with Gasteiger partial charge in [0.2, 0.25) is 0 Å². The molecule has 19 heavy (non-hydrogen) atoms. The number of β-amino-alcohol motifs (C(OH)–C–C–N with tert-alkyl or cyclic N) is 2. The molecule has 0 aromatic carbocycles. The predicted molar refractivity (Wildman–Crippen MR) is 67.8 cm³/mol. The second-order valence-electron chi connectivity index (χ2n) is 4.93. The van der Waals surface area contributed by atoms with E-state index < -0.39 is 28.8 Å². The first-order chi connectivity index (χ1) is 8.67. The second kappa shape index (κ2) is 6.93. The monoisotopic (exact) mass is 298 g/mol. The standard InChI is InChI=1S/C10H22N2O6S/c1-8(13)5-11-3-4-12(6-9(2)14)10(7-11)18-19(15,16)17/h8-10,13-14H,3-7H2,1-2H3,(H,15,16,17). The molecule has 1 rings (SSSR count). The van der Waals surface area contributed by atoms with Crippen molar-refractivity contribution in [1.29, 1.82) is 0 Å². The Morgan fingerprint density at radius 2 is 1.79 bits per heavy atom. The summed E-state index contributed by atoms with van der Waals surface area (Å²) in [6.07, 6.45) is -2.03. The maximum absolute atomic E-state index is 10.8. The topological polar surface area (TPSA) is 111 Å². The largest absolute Gasteiger partial charge is 0.398 e. The molecular weight excluding hydrogens is 276 g/mol. The third-order valence-corrected chi connectivity index (χ3v) is 3.24. The maximum atomic E-state index is 10.8. The number of hydrogen-bond acceptors (Lipinski definition) is 7. The van der Waals surface area contributed by atoms with Crippen LogP contribution in [-0.4, -0.2) is 84.1 Å². The van der Waals surface area contributed by atoms with Crippen molar-refractivity contribution < 1.29 is 27.4 Å². The van der Waals surface area contributed by atoms with Crippen LogP contribution in [0.2, 0.25) is 0 Å². The number of aliphatic hydroxyl groups is 2. The van der Waals surface area contributed by atoms with E-state index in [1.54, 1.807) is 18.7 Å². The van der Waals surface area contributed by atoms with Crippen molar-refractivity contribution in [2.24, 2.45) is 0 Å². The normalized spacial score (nSPS) is 26.3. The molecule has 1 fully saturated rings. The Bertz CT molecular complexity index is 372. The Balaban J connectivity index is 2.68. The van der Waals surface area contributed by atoms with Crippen LogP contribution in [0.3, 0.4) is 0 Å². The van der Waals surface area contributed by atoms with Crippen LogP contribution in [0, 0.1) is 0 Å². The van der Waals surface area contributed by atoms with E-state index in [4.69, 9.17) is 4.55 Å². The molecule has 3 atom stereocenters. The number of rotatable bonds is 6. The average molecular weight is 298 g/mol. The average Bonchev–Trinajstić information content (AvgIpc) is 2.18. The molecule has 0 saturated carbocycles. The van der Waals surface area contributed by atoms with Gasteiger partial charge in [-0.3, -0.25) is 14.4 Å². The van der Waals surface area contributed by atoms with Crippen LogP contribution in [0.5, 0.6) is 0 Å². The molecule has 0 bridgehead atoms. The van der Waals surface area contributed by atoms with Gasteiger partial charge in [0.1, 0.15) is 6.23 Å². The van der Waals surface area contributed by atoms with Gasteiger partial charge in [0, 0.05) is 32.7 Å². The molecule has 1 aliphatic heterocycles. The zero-order valence-electron chi connectivity index (χ0n) is 11.1. The number of piperazine rings is 1. The van der Waals surface area contributed by atoms with Gasteiger partial charge < -0.3 is 10.2 Å². The van der Waals surface area contributed by atoms with Gasteiger partial charge in [-0.1, -0.05) is 0 Å². The van der Waals surface area contributed by atoms with E-state index >= 15 is 0 Å². The quantitative estimate of drug-likeness (QED) is 0.509. The first kappa shape index (κ1) is 16.8. The molecule has 8 nitrogen and oxygen atoms in total. The first-order valence-electron chi connectivity index (χ1n) is 6.15. The summed E-state index contributed by atoms with van der Waals surface area (Å²) < 4.78 is 35.1. The maximum Gasteiger partial charge on any atom is 0.398 e. The van der Waals surface area contributed by atoms with Gasteiger partial charge in [-0.15, -0.1) is 0 Å². The molecule has 3 N–H and O–H groups in total. The fourth-order valence-electron chi connectivity index (χ4n) is 2.16. The van der Waals surface area contributed by atoms with Crippen LogP contribution in [0.4, 0.5) is 0 Å². The van der Waals surface area contributed by atoms with Crippen molar-refractivity contribution in [3.8, 4) is 0 Å². The molecule has 0 aromatic heterocycles. The lowest BCUT2D eigenvalue weighted by atomic mass is 10.2. The van der Waals surface area contributed by atoms with Gasteiger partial charge in [0.15, 0.2) is 0 Å². The number of aliphatic hydroxyl groups excluding tert-OH is 2. The van der Waals surface area contributed by atoms with Gasteiger partial charge in [0.25, 0.3) is 0 Å². The Morgan fingerprint density at radius 3 is 2.26 bits per heavy atom. The summed E-state index contributed by atoms with van der Waals surface area (Å²) >= 11 is 0. The molecule has 3 unspecified atom stereocenters. The fourth-order valence-corrected chi connectivity index (χ4v) is 2.62.